The van der Waals surface area contributed by atoms with Crippen molar-refractivity contribution in [3.63, 3.8) is 0 Å². The van der Waals surface area contributed by atoms with Gasteiger partial charge in [0.05, 0.1) is 0 Å². The van der Waals surface area contributed by atoms with Crippen LogP contribution in [0.25, 0.3) is 0 Å². The van der Waals surface area contributed by atoms with Crippen LogP contribution in [0, 0.1) is 0 Å². The van der Waals surface area contributed by atoms with Gasteiger partial charge in [-0.2, -0.15) is 0 Å². The Morgan fingerprint density at radius 2 is 1.79 bits per heavy atom. The maximum absolute atomic E-state index is 11.3. The monoisotopic (exact) mass is 195 g/mol. The minimum atomic E-state index is -0.168. The number of hydrogen-bond donors (Lipinski definition) is 0. The third-order valence-electron chi connectivity index (χ3n) is 2.51. The van der Waals surface area contributed by atoms with Crippen LogP contribution >= 0.6 is 0 Å². The van der Waals surface area contributed by atoms with E-state index in [2.05, 4.69) is 6.92 Å². The predicted octanol–water partition coefficient (Wildman–Crippen LogP) is 1.88. The molecule has 0 fully saturated rings. The highest BCUT2D eigenvalue weighted by atomic mass is 16.2. The fourth-order valence-corrected chi connectivity index (χ4v) is 1.67. The summed E-state index contributed by atoms with van der Waals surface area (Å²) in [5, 5.41) is 0. The van der Waals surface area contributed by atoms with Crippen molar-refractivity contribution in [2.45, 2.75) is 45.6 Å². The van der Waals surface area contributed by atoms with Gasteiger partial charge in [0.15, 0.2) is 0 Å². The number of unbranched alkanes of at least 4 members (excludes halogenated alkanes) is 2. The fraction of sp³-hybridized carbons (Fsp3) is 0.636. The Kier molecular flexibility index (Phi) is 3.86. The first-order valence-corrected chi connectivity index (χ1v) is 5.22. The number of amides is 2. The minimum absolute atomic E-state index is 0.0385. The van der Waals surface area contributed by atoms with Gasteiger partial charge in [0.2, 0.25) is 0 Å². The normalized spacial score (nSPS) is 18.0. The molecular weight excluding hydrogens is 178 g/mol. The molecule has 1 aliphatic rings. The Morgan fingerprint density at radius 1 is 1.21 bits per heavy atom. The van der Waals surface area contributed by atoms with Crippen LogP contribution in [0.15, 0.2) is 12.2 Å². The zero-order valence-corrected chi connectivity index (χ0v) is 8.82. The zero-order valence-electron chi connectivity index (χ0n) is 8.82. The molecule has 0 aromatic carbocycles. The first kappa shape index (κ1) is 11.0. The quantitative estimate of drug-likeness (QED) is 0.496. The van der Waals surface area contributed by atoms with Crippen LogP contribution in [0.5, 0.6) is 0 Å². The zero-order chi connectivity index (χ0) is 10.6. The second kappa shape index (κ2) is 4.94. The highest BCUT2D eigenvalue weighted by Crippen LogP contribution is 2.14. The first-order chi connectivity index (χ1) is 6.66. The third-order valence-corrected chi connectivity index (χ3v) is 2.51. The van der Waals surface area contributed by atoms with Crippen LogP contribution in [-0.4, -0.2) is 22.8 Å². The van der Waals surface area contributed by atoms with Gasteiger partial charge in [0, 0.05) is 18.2 Å². The van der Waals surface area contributed by atoms with Crippen LogP contribution in [0.4, 0.5) is 0 Å². The molecule has 3 heteroatoms. The molecular formula is C11H17NO2. The van der Waals surface area contributed by atoms with E-state index in [0.717, 1.165) is 25.7 Å². The SMILES string of the molecule is CCCCCC(C)N1C(=O)C=CC1=O. The van der Waals surface area contributed by atoms with Gasteiger partial charge < -0.3 is 0 Å². The number of rotatable bonds is 5. The van der Waals surface area contributed by atoms with Crippen molar-refractivity contribution in [3.05, 3.63) is 12.2 Å². The minimum Gasteiger partial charge on any atom is -0.273 e. The van der Waals surface area contributed by atoms with Gasteiger partial charge in [0.1, 0.15) is 0 Å². The molecule has 1 atom stereocenters. The van der Waals surface area contributed by atoms with Gasteiger partial charge in [-0.25, -0.2) is 0 Å². The van der Waals surface area contributed by atoms with E-state index in [4.69, 9.17) is 0 Å². The summed E-state index contributed by atoms with van der Waals surface area (Å²) < 4.78 is 0. The highest BCUT2D eigenvalue weighted by Gasteiger charge is 2.27. The topological polar surface area (TPSA) is 37.4 Å². The molecule has 2 amide bonds. The van der Waals surface area contributed by atoms with Crippen LogP contribution in [0.1, 0.15) is 39.5 Å². The van der Waals surface area contributed by atoms with E-state index in [1.807, 2.05) is 6.92 Å². The molecule has 1 aliphatic heterocycles. The van der Waals surface area contributed by atoms with Crippen LogP contribution in [-0.2, 0) is 9.59 Å². The summed E-state index contributed by atoms with van der Waals surface area (Å²) in [7, 11) is 0. The molecule has 0 aromatic heterocycles. The van der Waals surface area contributed by atoms with E-state index in [9.17, 15) is 9.59 Å². The smallest absolute Gasteiger partial charge is 0.253 e. The maximum atomic E-state index is 11.3. The van der Waals surface area contributed by atoms with Gasteiger partial charge in [0.25, 0.3) is 11.8 Å². The van der Waals surface area contributed by atoms with Crippen molar-refractivity contribution < 1.29 is 9.59 Å². The predicted molar refractivity (Wildman–Crippen MR) is 54.6 cm³/mol. The Balaban J connectivity index is 2.40. The fourth-order valence-electron chi connectivity index (χ4n) is 1.67. The van der Waals surface area contributed by atoms with E-state index in [1.54, 1.807) is 0 Å². The van der Waals surface area contributed by atoms with Crippen molar-refractivity contribution in [1.82, 2.24) is 4.90 Å². The summed E-state index contributed by atoms with van der Waals surface area (Å²) in [6.45, 7) is 4.07. The molecule has 1 unspecified atom stereocenters. The molecule has 78 valence electrons. The molecule has 0 saturated heterocycles. The lowest BCUT2D eigenvalue weighted by Crippen LogP contribution is -2.38. The van der Waals surface area contributed by atoms with Crippen LogP contribution in [0.3, 0.4) is 0 Å². The molecule has 0 bridgehead atoms. The Labute approximate surface area is 84.8 Å². The molecule has 0 radical (unpaired) electrons. The molecule has 0 saturated carbocycles. The molecule has 0 spiro atoms. The van der Waals surface area contributed by atoms with Crippen molar-refractivity contribution in [3.8, 4) is 0 Å². The number of carbonyl (C=O) groups is 2. The van der Waals surface area contributed by atoms with Crippen LogP contribution in [0.2, 0.25) is 0 Å². The molecule has 0 N–H and O–H groups in total. The highest BCUT2D eigenvalue weighted by molar-refractivity contribution is 6.13. The van der Waals surface area contributed by atoms with Crippen LogP contribution < -0.4 is 0 Å². The summed E-state index contributed by atoms with van der Waals surface area (Å²) in [4.78, 5) is 23.9. The summed E-state index contributed by atoms with van der Waals surface area (Å²) in [5.41, 5.74) is 0. The third kappa shape index (κ3) is 2.44. The molecule has 1 heterocycles. The Morgan fingerprint density at radius 3 is 2.29 bits per heavy atom. The Bertz CT molecular complexity index is 240. The molecule has 1 rings (SSSR count). The largest absolute Gasteiger partial charge is 0.273 e. The number of carbonyl (C=O) groups excluding carboxylic acids is 2. The van der Waals surface area contributed by atoms with Crippen molar-refractivity contribution in [1.29, 1.82) is 0 Å². The molecule has 14 heavy (non-hydrogen) atoms. The average Bonchev–Trinajstić information content (AvgIpc) is 2.46. The second-order valence-electron chi connectivity index (χ2n) is 3.72. The average molecular weight is 195 g/mol. The Hall–Kier alpha value is -1.12. The summed E-state index contributed by atoms with van der Waals surface area (Å²) in [5.74, 6) is -0.335. The van der Waals surface area contributed by atoms with E-state index in [-0.39, 0.29) is 17.9 Å². The first-order valence-electron chi connectivity index (χ1n) is 5.22. The van der Waals surface area contributed by atoms with Crippen molar-refractivity contribution >= 4 is 11.8 Å². The van der Waals surface area contributed by atoms with E-state index >= 15 is 0 Å². The van der Waals surface area contributed by atoms with Gasteiger partial charge in [-0.1, -0.05) is 26.2 Å². The standard InChI is InChI=1S/C11H17NO2/c1-3-4-5-6-9(2)12-10(13)7-8-11(12)14/h7-9H,3-6H2,1-2H3. The van der Waals surface area contributed by atoms with Gasteiger partial charge in [-0.15, -0.1) is 0 Å². The lowest BCUT2D eigenvalue weighted by Gasteiger charge is -2.22. The number of nitrogens with zero attached hydrogens (tertiary/aromatic N) is 1. The molecule has 0 aliphatic carbocycles. The molecule has 3 nitrogen and oxygen atoms in total. The van der Waals surface area contributed by atoms with Crippen molar-refractivity contribution in [2.24, 2.45) is 0 Å². The maximum Gasteiger partial charge on any atom is 0.253 e. The number of imide groups is 1. The lowest BCUT2D eigenvalue weighted by molar-refractivity contribution is -0.139. The summed E-state index contributed by atoms with van der Waals surface area (Å²) >= 11 is 0. The van der Waals surface area contributed by atoms with E-state index in [0.29, 0.717) is 0 Å². The lowest BCUT2D eigenvalue weighted by atomic mass is 10.1. The van der Waals surface area contributed by atoms with Crippen molar-refractivity contribution in [2.75, 3.05) is 0 Å². The van der Waals surface area contributed by atoms with E-state index < -0.39 is 0 Å². The second-order valence-corrected chi connectivity index (χ2v) is 3.72. The van der Waals surface area contributed by atoms with Gasteiger partial charge in [-0.05, 0) is 13.3 Å². The van der Waals surface area contributed by atoms with Gasteiger partial charge >= 0.3 is 0 Å². The summed E-state index contributed by atoms with van der Waals surface area (Å²) in [6, 6.07) is 0.0385. The van der Waals surface area contributed by atoms with E-state index in [1.165, 1.54) is 17.1 Å². The number of hydrogen-bond acceptors (Lipinski definition) is 2. The summed E-state index contributed by atoms with van der Waals surface area (Å²) in [6.07, 6.45) is 7.00. The molecule has 0 aromatic rings. The van der Waals surface area contributed by atoms with Gasteiger partial charge in [-0.3, -0.25) is 14.5 Å².